The van der Waals surface area contributed by atoms with Gasteiger partial charge in [0, 0.05) is 7.05 Å². The highest BCUT2D eigenvalue weighted by atomic mass is 16.2. The molecule has 5 nitrogen and oxygen atoms in total. The molecule has 0 saturated carbocycles. The summed E-state index contributed by atoms with van der Waals surface area (Å²) in [5.74, 6) is -0.115. The molecule has 1 aliphatic carbocycles. The van der Waals surface area contributed by atoms with Gasteiger partial charge < -0.3 is 11.1 Å². The van der Waals surface area contributed by atoms with E-state index in [0.717, 1.165) is 17.5 Å². The van der Waals surface area contributed by atoms with Crippen LogP contribution in [0.4, 0.5) is 0 Å². The van der Waals surface area contributed by atoms with E-state index in [9.17, 15) is 4.79 Å². The van der Waals surface area contributed by atoms with Crippen molar-refractivity contribution in [3.05, 3.63) is 52.8 Å². The molecular formula is C15H18N4O. The molecule has 0 unspecified atom stereocenters. The first-order chi connectivity index (χ1) is 9.58. The molecular weight excluding hydrogens is 252 g/mol. The summed E-state index contributed by atoms with van der Waals surface area (Å²) >= 11 is 0. The van der Waals surface area contributed by atoms with Gasteiger partial charge in [-0.05, 0) is 30.0 Å². The molecule has 1 aliphatic rings. The van der Waals surface area contributed by atoms with Crippen LogP contribution < -0.4 is 11.1 Å². The summed E-state index contributed by atoms with van der Waals surface area (Å²) < 4.78 is 1.60. The van der Waals surface area contributed by atoms with Crippen LogP contribution in [0.25, 0.3) is 0 Å². The van der Waals surface area contributed by atoms with Crippen molar-refractivity contribution in [1.82, 2.24) is 15.1 Å². The quantitative estimate of drug-likeness (QED) is 0.857. The number of nitrogens with zero attached hydrogens (tertiary/aromatic N) is 2. The van der Waals surface area contributed by atoms with Crippen LogP contribution in [0.2, 0.25) is 0 Å². The second-order valence-corrected chi connectivity index (χ2v) is 5.31. The number of hydrogen-bond donors (Lipinski definition) is 2. The van der Waals surface area contributed by atoms with Crippen LogP contribution in [-0.2, 0) is 13.5 Å². The van der Waals surface area contributed by atoms with Crippen molar-refractivity contribution in [3.63, 3.8) is 0 Å². The molecule has 3 rings (SSSR count). The number of amides is 1. The van der Waals surface area contributed by atoms with Crippen molar-refractivity contribution in [1.29, 1.82) is 0 Å². The van der Waals surface area contributed by atoms with Crippen LogP contribution in [0.15, 0.2) is 30.5 Å². The number of nitrogens with two attached hydrogens (primary N) is 1. The first-order valence-electron chi connectivity index (χ1n) is 6.70. The Kier molecular flexibility index (Phi) is 3.06. The predicted molar refractivity (Wildman–Crippen MR) is 76.3 cm³/mol. The molecule has 1 amide bonds. The van der Waals surface area contributed by atoms with Gasteiger partial charge in [-0.2, -0.15) is 5.10 Å². The molecule has 0 radical (unpaired) electrons. The minimum Gasteiger partial charge on any atom is -0.346 e. The zero-order valence-electron chi connectivity index (χ0n) is 11.6. The summed E-state index contributed by atoms with van der Waals surface area (Å²) in [4.78, 5) is 12.4. The van der Waals surface area contributed by atoms with Gasteiger partial charge in [0.1, 0.15) is 5.69 Å². The van der Waals surface area contributed by atoms with Crippen LogP contribution in [0.5, 0.6) is 0 Å². The fraction of sp³-hybridized carbons (Fsp3) is 0.333. The zero-order valence-corrected chi connectivity index (χ0v) is 11.6. The molecule has 0 fully saturated rings. The van der Waals surface area contributed by atoms with Crippen LogP contribution in [0.3, 0.4) is 0 Å². The molecule has 1 heterocycles. The molecule has 1 aromatic heterocycles. The molecule has 0 saturated heterocycles. The number of nitrogens with one attached hydrogen (secondary N) is 1. The van der Waals surface area contributed by atoms with Crippen molar-refractivity contribution < 1.29 is 4.79 Å². The van der Waals surface area contributed by atoms with Gasteiger partial charge in [-0.15, -0.1) is 0 Å². The lowest BCUT2D eigenvalue weighted by Crippen LogP contribution is -2.41. The fourth-order valence-corrected chi connectivity index (χ4v) is 2.88. The third kappa shape index (κ3) is 2.00. The molecule has 0 bridgehead atoms. The smallest absolute Gasteiger partial charge is 0.270 e. The molecule has 1 aromatic carbocycles. The van der Waals surface area contributed by atoms with Gasteiger partial charge in [0.15, 0.2) is 0 Å². The largest absolute Gasteiger partial charge is 0.346 e. The van der Waals surface area contributed by atoms with Gasteiger partial charge in [0.05, 0.1) is 18.3 Å². The van der Waals surface area contributed by atoms with Crippen LogP contribution in [-0.4, -0.2) is 21.7 Å². The normalized spacial score (nSPS) is 20.8. The van der Waals surface area contributed by atoms with Crippen molar-refractivity contribution in [2.45, 2.75) is 25.4 Å². The van der Waals surface area contributed by atoms with Gasteiger partial charge in [-0.3, -0.25) is 9.48 Å². The van der Waals surface area contributed by atoms with E-state index in [2.05, 4.69) is 16.5 Å². The van der Waals surface area contributed by atoms with E-state index in [-0.39, 0.29) is 18.0 Å². The number of carbonyl (C=O) groups excluding carboxylic acids is 1. The van der Waals surface area contributed by atoms with E-state index in [1.807, 2.05) is 25.1 Å². The van der Waals surface area contributed by atoms with E-state index < -0.39 is 0 Å². The minimum absolute atomic E-state index is 0.0609. The van der Waals surface area contributed by atoms with Crippen LogP contribution in [0.1, 0.15) is 33.2 Å². The van der Waals surface area contributed by atoms with Crippen molar-refractivity contribution in [2.75, 3.05) is 0 Å². The summed E-state index contributed by atoms with van der Waals surface area (Å²) in [7, 11) is 1.77. The number of aryl methyl sites for hydroxylation is 2. The van der Waals surface area contributed by atoms with Crippen molar-refractivity contribution >= 4 is 5.91 Å². The highest BCUT2D eigenvalue weighted by Crippen LogP contribution is 2.29. The fourth-order valence-electron chi connectivity index (χ4n) is 2.88. The molecule has 20 heavy (non-hydrogen) atoms. The Balaban J connectivity index is 1.79. The number of rotatable bonds is 2. The summed E-state index contributed by atoms with van der Waals surface area (Å²) in [6, 6.07) is 7.87. The Morgan fingerprint density at radius 3 is 2.85 bits per heavy atom. The summed E-state index contributed by atoms with van der Waals surface area (Å²) in [5.41, 5.74) is 10.0. The molecule has 0 spiro atoms. The highest BCUT2D eigenvalue weighted by Gasteiger charge is 2.31. The monoisotopic (exact) mass is 270 g/mol. The lowest BCUT2D eigenvalue weighted by Gasteiger charge is -2.18. The lowest BCUT2D eigenvalue weighted by atomic mass is 10.1. The van der Waals surface area contributed by atoms with E-state index in [4.69, 9.17) is 5.73 Å². The Morgan fingerprint density at radius 1 is 1.45 bits per heavy atom. The first kappa shape index (κ1) is 12.9. The summed E-state index contributed by atoms with van der Waals surface area (Å²) in [5, 5.41) is 7.13. The maximum absolute atomic E-state index is 12.4. The van der Waals surface area contributed by atoms with Crippen LogP contribution >= 0.6 is 0 Å². The minimum atomic E-state index is -0.149. The number of aromatic nitrogens is 2. The average Bonchev–Trinajstić information content (AvgIpc) is 2.92. The number of benzene rings is 1. The molecule has 5 heteroatoms. The Labute approximate surface area is 117 Å². The van der Waals surface area contributed by atoms with E-state index >= 15 is 0 Å². The average molecular weight is 270 g/mol. The third-order valence-corrected chi connectivity index (χ3v) is 3.94. The standard InChI is InChI=1S/C15H18N4O/c1-9-8-17-19(2)14(9)15(20)18-12-7-10-5-3-4-6-11(10)13(12)16/h3-6,8,12-13H,7,16H2,1-2H3,(H,18,20)/t12-,13-/m1/s1. The van der Waals surface area contributed by atoms with Gasteiger partial charge in [0.2, 0.25) is 0 Å². The summed E-state index contributed by atoms with van der Waals surface area (Å²) in [6.45, 7) is 1.88. The van der Waals surface area contributed by atoms with Gasteiger partial charge in [-0.1, -0.05) is 24.3 Å². The molecule has 3 N–H and O–H groups in total. The van der Waals surface area contributed by atoms with Crippen molar-refractivity contribution in [3.8, 4) is 0 Å². The number of fused-ring (bicyclic) bond motifs is 1. The zero-order chi connectivity index (χ0) is 14.3. The van der Waals surface area contributed by atoms with Crippen LogP contribution in [0, 0.1) is 6.92 Å². The lowest BCUT2D eigenvalue weighted by molar-refractivity contribution is 0.0923. The third-order valence-electron chi connectivity index (χ3n) is 3.94. The Morgan fingerprint density at radius 2 is 2.20 bits per heavy atom. The number of hydrogen-bond acceptors (Lipinski definition) is 3. The molecule has 2 aromatic rings. The molecule has 104 valence electrons. The van der Waals surface area contributed by atoms with Gasteiger partial charge in [-0.25, -0.2) is 0 Å². The van der Waals surface area contributed by atoms with E-state index in [0.29, 0.717) is 5.69 Å². The topological polar surface area (TPSA) is 72.9 Å². The molecule has 2 atom stereocenters. The summed E-state index contributed by atoms with van der Waals surface area (Å²) in [6.07, 6.45) is 2.47. The second-order valence-electron chi connectivity index (χ2n) is 5.31. The maximum Gasteiger partial charge on any atom is 0.270 e. The SMILES string of the molecule is Cc1cnn(C)c1C(=O)N[C@@H]1Cc2ccccc2[C@H]1N. The number of carbonyl (C=O) groups is 1. The maximum atomic E-state index is 12.4. The Hall–Kier alpha value is -2.14. The predicted octanol–water partition coefficient (Wildman–Crippen LogP) is 1.08. The van der Waals surface area contributed by atoms with Gasteiger partial charge >= 0.3 is 0 Å². The van der Waals surface area contributed by atoms with E-state index in [1.165, 1.54) is 5.56 Å². The highest BCUT2D eigenvalue weighted by molar-refractivity contribution is 5.94. The van der Waals surface area contributed by atoms with Crippen molar-refractivity contribution in [2.24, 2.45) is 12.8 Å². The molecule has 0 aliphatic heterocycles. The first-order valence-corrected chi connectivity index (χ1v) is 6.70. The second kappa shape index (κ2) is 4.76. The van der Waals surface area contributed by atoms with Gasteiger partial charge in [0.25, 0.3) is 5.91 Å². The van der Waals surface area contributed by atoms with E-state index in [1.54, 1.807) is 17.9 Å². The Bertz CT molecular complexity index is 642.